The van der Waals surface area contributed by atoms with Crippen molar-refractivity contribution in [3.63, 3.8) is 0 Å². The highest BCUT2D eigenvalue weighted by molar-refractivity contribution is 5.28. The molecule has 1 N–H and O–H groups in total. The second kappa shape index (κ2) is 5.64. The average molecular weight is 261 g/mol. The number of aryl methyl sites for hydroxylation is 1. The smallest absolute Gasteiger partial charge is 0.0655 e. The molecule has 1 aliphatic rings. The van der Waals surface area contributed by atoms with Crippen molar-refractivity contribution in [2.75, 3.05) is 6.61 Å². The van der Waals surface area contributed by atoms with Crippen LogP contribution in [-0.4, -0.2) is 18.8 Å². The number of benzene rings is 1. The third kappa shape index (κ3) is 2.85. The molecule has 1 saturated carbocycles. The van der Waals surface area contributed by atoms with Gasteiger partial charge in [0.2, 0.25) is 0 Å². The van der Waals surface area contributed by atoms with Gasteiger partial charge in [-0.1, -0.05) is 38.1 Å². The zero-order chi connectivity index (χ0) is 14.0. The van der Waals surface area contributed by atoms with E-state index in [1.54, 1.807) is 0 Å². The van der Waals surface area contributed by atoms with Gasteiger partial charge in [0, 0.05) is 24.1 Å². The van der Waals surface area contributed by atoms with Crippen molar-refractivity contribution in [2.45, 2.75) is 59.2 Å². The molecule has 0 amide bonds. The fourth-order valence-electron chi connectivity index (χ4n) is 3.12. The Morgan fingerprint density at radius 1 is 1.37 bits per heavy atom. The molecule has 0 saturated heterocycles. The van der Waals surface area contributed by atoms with Crippen molar-refractivity contribution in [2.24, 2.45) is 5.41 Å². The van der Waals surface area contributed by atoms with E-state index in [0.717, 1.165) is 13.0 Å². The number of hydrogen-bond donors (Lipinski definition) is 1. The lowest BCUT2D eigenvalue weighted by molar-refractivity contribution is -0.116. The molecular formula is C17H27NO. The van der Waals surface area contributed by atoms with Gasteiger partial charge in [0.25, 0.3) is 0 Å². The molecule has 2 rings (SSSR count). The largest absolute Gasteiger partial charge is 0.378 e. The predicted molar refractivity (Wildman–Crippen MR) is 80.3 cm³/mol. The Labute approximate surface area is 117 Å². The molecule has 0 aliphatic heterocycles. The van der Waals surface area contributed by atoms with E-state index < -0.39 is 0 Å². The summed E-state index contributed by atoms with van der Waals surface area (Å²) < 4.78 is 5.79. The quantitative estimate of drug-likeness (QED) is 0.869. The van der Waals surface area contributed by atoms with Gasteiger partial charge >= 0.3 is 0 Å². The Hall–Kier alpha value is -0.860. The fourth-order valence-corrected chi connectivity index (χ4v) is 3.12. The summed E-state index contributed by atoms with van der Waals surface area (Å²) in [5.41, 5.74) is 2.99. The van der Waals surface area contributed by atoms with Gasteiger partial charge in [-0.3, -0.25) is 0 Å². The molecule has 0 aromatic heterocycles. The van der Waals surface area contributed by atoms with Crippen LogP contribution in [0, 0.1) is 12.3 Å². The lowest BCUT2D eigenvalue weighted by Gasteiger charge is -2.52. The molecular weight excluding hydrogens is 234 g/mol. The summed E-state index contributed by atoms with van der Waals surface area (Å²) in [6.45, 7) is 11.9. The number of hydrogen-bond acceptors (Lipinski definition) is 2. The molecule has 2 nitrogen and oxygen atoms in total. The minimum Gasteiger partial charge on any atom is -0.378 e. The average Bonchev–Trinajstić information content (AvgIpc) is 2.38. The lowest BCUT2D eigenvalue weighted by atomic mass is 9.64. The maximum absolute atomic E-state index is 5.79. The van der Waals surface area contributed by atoms with Crippen molar-refractivity contribution in [3.8, 4) is 0 Å². The van der Waals surface area contributed by atoms with Crippen molar-refractivity contribution < 1.29 is 4.74 Å². The van der Waals surface area contributed by atoms with E-state index in [0.29, 0.717) is 18.2 Å². The van der Waals surface area contributed by atoms with Crippen molar-refractivity contribution in [3.05, 3.63) is 35.4 Å². The monoisotopic (exact) mass is 261 g/mol. The summed E-state index contributed by atoms with van der Waals surface area (Å²) in [7, 11) is 0. The standard InChI is InChI=1S/C17H27NO/c1-6-19-16-11-15(17(16,4)5)18-13(3)14-10-8-7-9-12(14)2/h7-10,13,15-16,18H,6,11H2,1-5H3. The van der Waals surface area contributed by atoms with E-state index in [4.69, 9.17) is 4.74 Å². The maximum Gasteiger partial charge on any atom is 0.0655 e. The van der Waals surface area contributed by atoms with Crippen LogP contribution >= 0.6 is 0 Å². The van der Waals surface area contributed by atoms with Crippen LogP contribution in [-0.2, 0) is 4.74 Å². The highest BCUT2D eigenvalue weighted by atomic mass is 16.5. The zero-order valence-corrected chi connectivity index (χ0v) is 12.9. The number of nitrogens with one attached hydrogen (secondary N) is 1. The molecule has 1 fully saturated rings. The van der Waals surface area contributed by atoms with Crippen LogP contribution in [0.25, 0.3) is 0 Å². The third-order valence-corrected chi connectivity index (χ3v) is 4.65. The van der Waals surface area contributed by atoms with Gasteiger partial charge in [-0.2, -0.15) is 0 Å². The van der Waals surface area contributed by atoms with Crippen LogP contribution in [0.4, 0.5) is 0 Å². The van der Waals surface area contributed by atoms with Crippen molar-refractivity contribution >= 4 is 0 Å². The number of rotatable bonds is 5. The molecule has 1 aromatic rings. The van der Waals surface area contributed by atoms with Gasteiger partial charge in [-0.05, 0) is 38.3 Å². The Morgan fingerprint density at radius 3 is 2.63 bits per heavy atom. The Morgan fingerprint density at radius 2 is 2.05 bits per heavy atom. The molecule has 0 spiro atoms. The normalized spacial score (nSPS) is 26.8. The summed E-state index contributed by atoms with van der Waals surface area (Å²) in [6.07, 6.45) is 1.52. The topological polar surface area (TPSA) is 21.3 Å². The fraction of sp³-hybridized carbons (Fsp3) is 0.647. The van der Waals surface area contributed by atoms with Crippen molar-refractivity contribution in [1.82, 2.24) is 5.32 Å². The second-order valence-corrected chi connectivity index (χ2v) is 6.30. The van der Waals surface area contributed by atoms with Crippen LogP contribution in [0.15, 0.2) is 24.3 Å². The summed E-state index contributed by atoms with van der Waals surface area (Å²) in [5, 5.41) is 3.77. The first kappa shape index (κ1) is 14.5. The Balaban J connectivity index is 1.98. The Kier molecular flexibility index (Phi) is 4.32. The summed E-state index contributed by atoms with van der Waals surface area (Å²) in [4.78, 5) is 0. The number of ether oxygens (including phenoxy) is 1. The van der Waals surface area contributed by atoms with Crippen LogP contribution in [0.2, 0.25) is 0 Å². The molecule has 1 aromatic carbocycles. The minimum atomic E-state index is 0.229. The summed E-state index contributed by atoms with van der Waals surface area (Å²) >= 11 is 0. The molecule has 2 heteroatoms. The first-order valence-corrected chi connectivity index (χ1v) is 7.40. The highest BCUT2D eigenvalue weighted by Crippen LogP contribution is 2.43. The van der Waals surface area contributed by atoms with Gasteiger partial charge < -0.3 is 10.1 Å². The third-order valence-electron chi connectivity index (χ3n) is 4.65. The van der Waals surface area contributed by atoms with E-state index in [2.05, 4.69) is 64.2 Å². The molecule has 3 atom stereocenters. The second-order valence-electron chi connectivity index (χ2n) is 6.30. The molecule has 0 bridgehead atoms. The van der Waals surface area contributed by atoms with Crippen LogP contribution in [0.5, 0.6) is 0 Å². The SMILES string of the molecule is CCOC1CC(NC(C)c2ccccc2C)C1(C)C. The minimum absolute atomic E-state index is 0.229. The van der Waals surface area contributed by atoms with Gasteiger partial charge in [-0.25, -0.2) is 0 Å². The Bertz CT molecular complexity index is 427. The molecule has 19 heavy (non-hydrogen) atoms. The van der Waals surface area contributed by atoms with E-state index >= 15 is 0 Å². The van der Waals surface area contributed by atoms with Crippen molar-refractivity contribution in [1.29, 1.82) is 0 Å². The van der Waals surface area contributed by atoms with Gasteiger partial charge in [0.05, 0.1) is 6.10 Å². The van der Waals surface area contributed by atoms with Crippen LogP contribution in [0.3, 0.4) is 0 Å². The van der Waals surface area contributed by atoms with Gasteiger partial charge in [0.1, 0.15) is 0 Å². The van der Waals surface area contributed by atoms with E-state index in [-0.39, 0.29) is 5.41 Å². The molecule has 106 valence electrons. The van der Waals surface area contributed by atoms with E-state index in [1.165, 1.54) is 11.1 Å². The first-order chi connectivity index (χ1) is 8.96. The summed E-state index contributed by atoms with van der Waals surface area (Å²) in [6, 6.07) is 9.56. The van der Waals surface area contributed by atoms with Gasteiger partial charge in [-0.15, -0.1) is 0 Å². The maximum atomic E-state index is 5.79. The van der Waals surface area contributed by atoms with E-state index in [1.807, 2.05) is 0 Å². The summed E-state index contributed by atoms with van der Waals surface area (Å²) in [5.74, 6) is 0. The molecule has 1 aliphatic carbocycles. The van der Waals surface area contributed by atoms with Crippen LogP contribution in [0.1, 0.15) is 51.3 Å². The van der Waals surface area contributed by atoms with Crippen LogP contribution < -0.4 is 5.32 Å². The first-order valence-electron chi connectivity index (χ1n) is 7.40. The predicted octanol–water partition coefficient (Wildman–Crippen LogP) is 3.85. The van der Waals surface area contributed by atoms with E-state index in [9.17, 15) is 0 Å². The zero-order valence-electron chi connectivity index (χ0n) is 12.9. The molecule has 3 unspecified atom stereocenters. The van der Waals surface area contributed by atoms with Gasteiger partial charge in [0.15, 0.2) is 0 Å². The molecule has 0 radical (unpaired) electrons. The highest BCUT2D eigenvalue weighted by Gasteiger charge is 2.49. The lowest BCUT2D eigenvalue weighted by Crippen LogP contribution is -2.61. The molecule has 0 heterocycles.